The van der Waals surface area contributed by atoms with E-state index in [1.54, 1.807) is 29.2 Å². The summed E-state index contributed by atoms with van der Waals surface area (Å²) >= 11 is 6.69. The molecule has 0 radical (unpaired) electrons. The Hall–Kier alpha value is -1.66. The number of ether oxygens (including phenoxy) is 1. The van der Waals surface area contributed by atoms with Crippen LogP contribution < -0.4 is 9.64 Å². The first-order valence-electron chi connectivity index (χ1n) is 7.06. The summed E-state index contributed by atoms with van der Waals surface area (Å²) in [4.78, 5) is 26.1. The molecule has 0 aliphatic carbocycles. The van der Waals surface area contributed by atoms with Crippen LogP contribution in [0.15, 0.2) is 57.5 Å². The minimum absolute atomic E-state index is 0.0647. The Balaban J connectivity index is 1.68. The zero-order chi connectivity index (χ0) is 16.4. The summed E-state index contributed by atoms with van der Waals surface area (Å²) in [5.74, 6) is -0.409. The van der Waals surface area contributed by atoms with E-state index in [4.69, 9.17) is 4.74 Å². The summed E-state index contributed by atoms with van der Waals surface area (Å²) in [6.45, 7) is 0.343. The topological polar surface area (TPSA) is 46.6 Å². The molecule has 2 aromatic carbocycles. The molecule has 118 valence electrons. The lowest BCUT2D eigenvalue weighted by Gasteiger charge is -2.16. The number of carbonyl (C=O) groups excluding carboxylic acids is 2. The number of carbonyl (C=O) groups is 2. The summed E-state index contributed by atoms with van der Waals surface area (Å²) < 4.78 is 7.21. The van der Waals surface area contributed by atoms with Gasteiger partial charge in [-0.25, -0.2) is 0 Å². The van der Waals surface area contributed by atoms with Gasteiger partial charge in [-0.15, -0.1) is 0 Å². The molecule has 0 bridgehead atoms. The Labute approximate surface area is 150 Å². The second-order valence-corrected chi connectivity index (χ2v) is 7.09. The fourth-order valence-corrected chi connectivity index (χ4v) is 2.97. The quantitative estimate of drug-likeness (QED) is 0.533. The summed E-state index contributed by atoms with van der Waals surface area (Å²) in [7, 11) is 0. The molecule has 2 aromatic rings. The van der Waals surface area contributed by atoms with Crippen LogP contribution in [-0.4, -0.2) is 18.4 Å². The van der Waals surface area contributed by atoms with Gasteiger partial charge < -0.3 is 9.64 Å². The summed E-state index contributed by atoms with van der Waals surface area (Å²) in [5.41, 5.74) is 0.789. The molecule has 0 saturated carbocycles. The van der Waals surface area contributed by atoms with Crippen molar-refractivity contribution in [1.29, 1.82) is 0 Å². The second kappa shape index (κ2) is 6.84. The van der Waals surface area contributed by atoms with E-state index in [0.717, 1.165) is 14.6 Å². The van der Waals surface area contributed by atoms with Crippen molar-refractivity contribution in [1.82, 2.24) is 0 Å². The Morgan fingerprint density at radius 1 is 1.00 bits per heavy atom. The predicted octanol–water partition coefficient (Wildman–Crippen LogP) is 4.17. The summed E-state index contributed by atoms with van der Waals surface area (Å²) in [6, 6.07) is 14.5. The molecule has 1 aliphatic rings. The number of amides is 1. The van der Waals surface area contributed by atoms with Crippen LogP contribution in [0.5, 0.6) is 5.75 Å². The van der Waals surface area contributed by atoms with Crippen LogP contribution in [0.2, 0.25) is 0 Å². The van der Waals surface area contributed by atoms with Gasteiger partial charge in [0.1, 0.15) is 5.75 Å². The zero-order valence-electron chi connectivity index (χ0n) is 12.0. The predicted molar refractivity (Wildman–Crippen MR) is 94.4 cm³/mol. The van der Waals surface area contributed by atoms with Crippen LogP contribution in [0.3, 0.4) is 0 Å². The first kappa shape index (κ1) is 16.2. The monoisotopic (exact) mass is 437 g/mol. The second-order valence-electron chi connectivity index (χ2n) is 5.26. The normalized spacial score (nSPS) is 17.4. The molecule has 0 N–H and O–H groups in total. The van der Waals surface area contributed by atoms with Gasteiger partial charge in [0.25, 0.3) is 0 Å². The minimum atomic E-state index is -0.449. The number of nitrogens with zero attached hydrogens (tertiary/aromatic N) is 1. The first-order chi connectivity index (χ1) is 11.0. The van der Waals surface area contributed by atoms with Crippen molar-refractivity contribution in [3.8, 4) is 5.75 Å². The van der Waals surface area contributed by atoms with E-state index in [-0.39, 0.29) is 18.3 Å². The van der Waals surface area contributed by atoms with E-state index in [0.29, 0.717) is 12.3 Å². The van der Waals surface area contributed by atoms with Gasteiger partial charge in [-0.05, 0) is 48.5 Å². The Morgan fingerprint density at radius 2 is 1.57 bits per heavy atom. The number of hydrogen-bond acceptors (Lipinski definition) is 3. The maximum atomic E-state index is 12.3. The molecular formula is C17H13Br2NO3. The fraction of sp³-hybridized carbons (Fsp3) is 0.176. The number of esters is 1. The van der Waals surface area contributed by atoms with E-state index in [1.165, 1.54) is 0 Å². The Kier molecular flexibility index (Phi) is 4.82. The van der Waals surface area contributed by atoms with Crippen LogP contribution in [0.4, 0.5) is 5.69 Å². The lowest BCUT2D eigenvalue weighted by Crippen LogP contribution is -2.27. The maximum absolute atomic E-state index is 12.3. The van der Waals surface area contributed by atoms with Gasteiger partial charge in [-0.3, -0.25) is 9.59 Å². The average Bonchev–Trinajstić information content (AvgIpc) is 2.92. The van der Waals surface area contributed by atoms with Gasteiger partial charge >= 0.3 is 5.97 Å². The van der Waals surface area contributed by atoms with E-state index < -0.39 is 5.92 Å². The average molecular weight is 439 g/mol. The zero-order valence-corrected chi connectivity index (χ0v) is 15.2. The van der Waals surface area contributed by atoms with Crippen LogP contribution in [-0.2, 0) is 9.59 Å². The van der Waals surface area contributed by atoms with Crippen molar-refractivity contribution in [2.45, 2.75) is 6.42 Å². The van der Waals surface area contributed by atoms with Crippen molar-refractivity contribution in [2.24, 2.45) is 5.92 Å². The van der Waals surface area contributed by atoms with Gasteiger partial charge in [0, 0.05) is 27.6 Å². The van der Waals surface area contributed by atoms with Gasteiger partial charge in [-0.2, -0.15) is 0 Å². The first-order valence-corrected chi connectivity index (χ1v) is 8.65. The van der Waals surface area contributed by atoms with Gasteiger partial charge in [-0.1, -0.05) is 31.9 Å². The number of benzene rings is 2. The van der Waals surface area contributed by atoms with Crippen molar-refractivity contribution < 1.29 is 14.3 Å². The van der Waals surface area contributed by atoms with Gasteiger partial charge in [0.2, 0.25) is 5.91 Å². The van der Waals surface area contributed by atoms with E-state index >= 15 is 0 Å². The molecule has 1 amide bonds. The SMILES string of the molecule is O=C(Oc1ccc(Br)cc1)[C@H]1CC(=O)N(c2ccc(Br)cc2)C1. The molecule has 1 heterocycles. The fourth-order valence-electron chi connectivity index (χ4n) is 2.44. The van der Waals surface area contributed by atoms with E-state index in [2.05, 4.69) is 31.9 Å². The standard InChI is InChI=1S/C17H13Br2NO3/c18-12-1-5-14(6-2-12)20-10-11(9-16(20)21)17(22)23-15-7-3-13(19)4-8-15/h1-8,11H,9-10H2/t11-/m0/s1. The third kappa shape index (κ3) is 3.82. The van der Waals surface area contributed by atoms with Crippen LogP contribution in [0, 0.1) is 5.92 Å². The Morgan fingerprint density at radius 3 is 2.17 bits per heavy atom. The molecule has 4 nitrogen and oxygen atoms in total. The highest BCUT2D eigenvalue weighted by Crippen LogP contribution is 2.27. The minimum Gasteiger partial charge on any atom is -0.426 e. The third-order valence-electron chi connectivity index (χ3n) is 3.63. The molecule has 6 heteroatoms. The summed E-state index contributed by atoms with van der Waals surface area (Å²) in [6.07, 6.45) is 0.172. The van der Waals surface area contributed by atoms with Crippen LogP contribution in [0.1, 0.15) is 6.42 Å². The van der Waals surface area contributed by atoms with Crippen LogP contribution in [0.25, 0.3) is 0 Å². The van der Waals surface area contributed by atoms with Crippen molar-refractivity contribution in [3.05, 3.63) is 57.5 Å². The number of rotatable bonds is 3. The molecule has 3 rings (SSSR count). The molecule has 1 atom stereocenters. The largest absolute Gasteiger partial charge is 0.426 e. The molecule has 1 fully saturated rings. The van der Waals surface area contributed by atoms with Crippen molar-refractivity contribution in [2.75, 3.05) is 11.4 Å². The highest BCUT2D eigenvalue weighted by molar-refractivity contribution is 9.10. The lowest BCUT2D eigenvalue weighted by molar-refractivity contribution is -0.139. The Bertz CT molecular complexity index is 729. The molecule has 0 aromatic heterocycles. The van der Waals surface area contributed by atoms with Gasteiger partial charge in [0.15, 0.2) is 0 Å². The lowest BCUT2D eigenvalue weighted by atomic mass is 10.1. The number of anilines is 1. The van der Waals surface area contributed by atoms with Crippen LogP contribution >= 0.6 is 31.9 Å². The molecule has 23 heavy (non-hydrogen) atoms. The molecule has 1 aliphatic heterocycles. The third-order valence-corrected chi connectivity index (χ3v) is 4.69. The summed E-state index contributed by atoms with van der Waals surface area (Å²) in [5, 5.41) is 0. The van der Waals surface area contributed by atoms with E-state index in [9.17, 15) is 9.59 Å². The van der Waals surface area contributed by atoms with Gasteiger partial charge in [0.05, 0.1) is 5.92 Å². The molecule has 0 unspecified atom stereocenters. The molecular weight excluding hydrogens is 426 g/mol. The van der Waals surface area contributed by atoms with Crippen molar-refractivity contribution in [3.63, 3.8) is 0 Å². The molecule has 1 saturated heterocycles. The van der Waals surface area contributed by atoms with Crippen molar-refractivity contribution >= 4 is 49.4 Å². The van der Waals surface area contributed by atoms with E-state index in [1.807, 2.05) is 24.3 Å². The highest BCUT2D eigenvalue weighted by atomic mass is 79.9. The molecule has 0 spiro atoms. The smallest absolute Gasteiger partial charge is 0.316 e. The number of halogens is 2. The highest BCUT2D eigenvalue weighted by Gasteiger charge is 2.36. The number of hydrogen-bond donors (Lipinski definition) is 0. The maximum Gasteiger partial charge on any atom is 0.316 e.